The number of carbonyl (C=O) groups is 1. The van der Waals surface area contributed by atoms with Crippen molar-refractivity contribution in [1.29, 1.82) is 0 Å². The molecule has 186 valence electrons. The van der Waals surface area contributed by atoms with Crippen molar-refractivity contribution >= 4 is 16.9 Å². The predicted molar refractivity (Wildman–Crippen MR) is 138 cm³/mol. The number of fused-ring (bicyclic) bond motifs is 2. The average molecular weight is 478 g/mol. The Morgan fingerprint density at radius 2 is 1.80 bits per heavy atom. The largest absolute Gasteiger partial charge is 0.490 e. The number of rotatable bonds is 9. The molecule has 1 amide bonds. The molecule has 1 aliphatic rings. The van der Waals surface area contributed by atoms with Gasteiger partial charge in [-0.3, -0.25) is 9.59 Å². The average Bonchev–Trinajstić information content (AvgIpc) is 3.08. The SMILES string of the molecule is CCCN1C(=O)c2oc3c(C)cc(C)cc3c(=O)c2C1c1ccc(OCCC(C)C)c(OCC)c1. The molecule has 0 fully saturated rings. The second-order valence-corrected chi connectivity index (χ2v) is 9.70. The summed E-state index contributed by atoms with van der Waals surface area (Å²) in [6.45, 7) is 13.7. The van der Waals surface area contributed by atoms with Crippen LogP contribution in [0.1, 0.15) is 79.4 Å². The van der Waals surface area contributed by atoms with E-state index >= 15 is 0 Å². The van der Waals surface area contributed by atoms with E-state index in [4.69, 9.17) is 13.9 Å². The number of carbonyl (C=O) groups excluding carboxylic acids is 1. The molecular formula is C29H35NO5. The van der Waals surface area contributed by atoms with Crippen LogP contribution in [-0.2, 0) is 0 Å². The van der Waals surface area contributed by atoms with Gasteiger partial charge >= 0.3 is 0 Å². The summed E-state index contributed by atoms with van der Waals surface area (Å²) in [7, 11) is 0. The maximum absolute atomic E-state index is 13.8. The molecule has 0 spiro atoms. The molecule has 1 aromatic heterocycles. The molecule has 6 heteroatoms. The van der Waals surface area contributed by atoms with E-state index in [0.717, 1.165) is 29.5 Å². The number of benzene rings is 2. The minimum Gasteiger partial charge on any atom is -0.490 e. The second kappa shape index (κ2) is 10.1. The molecule has 1 unspecified atom stereocenters. The van der Waals surface area contributed by atoms with Crippen molar-refractivity contribution in [2.45, 2.75) is 60.4 Å². The van der Waals surface area contributed by atoms with Crippen LogP contribution in [0.25, 0.3) is 11.0 Å². The third kappa shape index (κ3) is 4.66. The fourth-order valence-electron chi connectivity index (χ4n) is 4.78. The predicted octanol–water partition coefficient (Wildman–Crippen LogP) is 6.19. The molecule has 35 heavy (non-hydrogen) atoms. The molecule has 1 aliphatic heterocycles. The van der Waals surface area contributed by atoms with Crippen molar-refractivity contribution in [3.05, 3.63) is 68.6 Å². The van der Waals surface area contributed by atoms with Gasteiger partial charge in [0.05, 0.1) is 30.2 Å². The molecule has 0 N–H and O–H groups in total. The van der Waals surface area contributed by atoms with Crippen LogP contribution in [0.5, 0.6) is 11.5 Å². The van der Waals surface area contributed by atoms with Gasteiger partial charge in [-0.1, -0.05) is 32.9 Å². The lowest BCUT2D eigenvalue weighted by Gasteiger charge is -2.25. The summed E-state index contributed by atoms with van der Waals surface area (Å²) in [4.78, 5) is 29.0. The van der Waals surface area contributed by atoms with Crippen molar-refractivity contribution in [2.75, 3.05) is 19.8 Å². The molecule has 0 saturated heterocycles. The summed E-state index contributed by atoms with van der Waals surface area (Å²) in [5, 5.41) is 0.510. The zero-order valence-corrected chi connectivity index (χ0v) is 21.6. The highest BCUT2D eigenvalue weighted by atomic mass is 16.5. The third-order valence-electron chi connectivity index (χ3n) is 6.40. The summed E-state index contributed by atoms with van der Waals surface area (Å²) >= 11 is 0. The molecule has 2 heterocycles. The normalized spacial score (nSPS) is 15.2. The molecular weight excluding hydrogens is 442 g/mol. The van der Waals surface area contributed by atoms with Crippen molar-refractivity contribution in [1.82, 2.24) is 4.90 Å². The Labute approximate surface area is 206 Å². The Morgan fingerprint density at radius 1 is 1.03 bits per heavy atom. The van der Waals surface area contributed by atoms with E-state index in [1.54, 1.807) is 4.90 Å². The molecule has 4 rings (SSSR count). The topological polar surface area (TPSA) is 69.0 Å². The smallest absolute Gasteiger partial charge is 0.290 e. The molecule has 6 nitrogen and oxygen atoms in total. The molecule has 0 bridgehead atoms. The van der Waals surface area contributed by atoms with Crippen molar-refractivity contribution in [3.63, 3.8) is 0 Å². The summed E-state index contributed by atoms with van der Waals surface area (Å²) in [6.07, 6.45) is 1.70. The lowest BCUT2D eigenvalue weighted by molar-refractivity contribution is 0.0728. The number of ether oxygens (including phenoxy) is 2. The fraction of sp³-hybridized carbons (Fsp3) is 0.448. The number of hydrogen-bond donors (Lipinski definition) is 0. The first-order valence-corrected chi connectivity index (χ1v) is 12.5. The van der Waals surface area contributed by atoms with E-state index in [1.165, 1.54) is 0 Å². The van der Waals surface area contributed by atoms with Gasteiger partial charge in [0.15, 0.2) is 16.9 Å². The number of nitrogens with zero attached hydrogens (tertiary/aromatic N) is 1. The summed E-state index contributed by atoms with van der Waals surface area (Å²) in [6, 6.07) is 8.97. The zero-order valence-electron chi connectivity index (χ0n) is 21.6. The standard InChI is InChI=1S/C29H35NO5/c1-7-12-30-25(20-9-10-22(23(16-20)33-8-2)34-13-11-17(3)4)24-26(31)21-15-18(5)14-19(6)27(21)35-28(24)29(30)32/h9-10,14-17,25H,7-8,11-13H2,1-6H3. The van der Waals surface area contributed by atoms with Gasteiger partial charge in [0.25, 0.3) is 5.91 Å². The van der Waals surface area contributed by atoms with E-state index in [2.05, 4.69) is 13.8 Å². The lowest BCUT2D eigenvalue weighted by atomic mass is 9.97. The number of hydrogen-bond acceptors (Lipinski definition) is 5. The Kier molecular flexibility index (Phi) is 7.20. The minimum absolute atomic E-state index is 0.142. The highest BCUT2D eigenvalue weighted by molar-refractivity contribution is 5.99. The van der Waals surface area contributed by atoms with Crippen LogP contribution in [0.15, 0.2) is 39.5 Å². The van der Waals surface area contributed by atoms with E-state index in [1.807, 2.05) is 58.0 Å². The van der Waals surface area contributed by atoms with E-state index in [0.29, 0.717) is 53.7 Å². The van der Waals surface area contributed by atoms with E-state index in [9.17, 15) is 9.59 Å². The van der Waals surface area contributed by atoms with Crippen LogP contribution in [-0.4, -0.2) is 30.6 Å². The highest BCUT2D eigenvalue weighted by Crippen LogP contribution is 2.41. The minimum atomic E-state index is -0.539. The van der Waals surface area contributed by atoms with Crippen LogP contribution in [0.2, 0.25) is 0 Å². The molecule has 3 aromatic rings. The van der Waals surface area contributed by atoms with Crippen LogP contribution in [0.3, 0.4) is 0 Å². The van der Waals surface area contributed by atoms with Gasteiger partial charge in [0, 0.05) is 6.54 Å². The summed E-state index contributed by atoms with van der Waals surface area (Å²) in [5.74, 6) is 1.71. The van der Waals surface area contributed by atoms with Gasteiger partial charge in [0.1, 0.15) is 5.58 Å². The van der Waals surface area contributed by atoms with Crippen molar-refractivity contribution < 1.29 is 18.7 Å². The zero-order chi connectivity index (χ0) is 25.3. The van der Waals surface area contributed by atoms with Gasteiger partial charge in [-0.25, -0.2) is 0 Å². The van der Waals surface area contributed by atoms with E-state index in [-0.39, 0.29) is 17.1 Å². The molecule has 2 aromatic carbocycles. The first-order valence-electron chi connectivity index (χ1n) is 12.5. The van der Waals surface area contributed by atoms with Crippen LogP contribution < -0.4 is 14.9 Å². The van der Waals surface area contributed by atoms with Gasteiger partial charge in [-0.2, -0.15) is 0 Å². The first-order chi connectivity index (χ1) is 16.8. The first kappa shape index (κ1) is 24.8. The fourth-order valence-corrected chi connectivity index (χ4v) is 4.78. The molecule has 0 radical (unpaired) electrons. The van der Waals surface area contributed by atoms with Gasteiger partial charge in [-0.15, -0.1) is 0 Å². The maximum atomic E-state index is 13.8. The van der Waals surface area contributed by atoms with Crippen molar-refractivity contribution in [2.24, 2.45) is 5.92 Å². The monoisotopic (exact) mass is 477 g/mol. The number of aryl methyl sites for hydroxylation is 2. The molecule has 0 aliphatic carbocycles. The van der Waals surface area contributed by atoms with Gasteiger partial charge in [0.2, 0.25) is 5.76 Å². The summed E-state index contributed by atoms with van der Waals surface area (Å²) < 4.78 is 18.1. The lowest BCUT2D eigenvalue weighted by Crippen LogP contribution is -2.30. The number of amides is 1. The second-order valence-electron chi connectivity index (χ2n) is 9.70. The Hall–Kier alpha value is -3.28. The Balaban J connectivity index is 1.86. The maximum Gasteiger partial charge on any atom is 0.290 e. The van der Waals surface area contributed by atoms with Crippen LogP contribution in [0, 0.1) is 19.8 Å². The van der Waals surface area contributed by atoms with Gasteiger partial charge in [-0.05, 0) is 74.4 Å². The van der Waals surface area contributed by atoms with E-state index < -0.39 is 6.04 Å². The van der Waals surface area contributed by atoms with Gasteiger partial charge < -0.3 is 18.8 Å². The van der Waals surface area contributed by atoms with Crippen molar-refractivity contribution in [3.8, 4) is 11.5 Å². The quantitative estimate of drug-likeness (QED) is 0.368. The van der Waals surface area contributed by atoms with Crippen LogP contribution in [0.4, 0.5) is 0 Å². The third-order valence-corrected chi connectivity index (χ3v) is 6.40. The highest BCUT2D eigenvalue weighted by Gasteiger charge is 2.42. The Bertz CT molecular complexity index is 1310. The Morgan fingerprint density at radius 3 is 2.49 bits per heavy atom. The molecule has 0 saturated carbocycles. The van der Waals surface area contributed by atoms with Crippen LogP contribution >= 0.6 is 0 Å². The molecule has 1 atom stereocenters. The summed E-state index contributed by atoms with van der Waals surface area (Å²) in [5.41, 5.74) is 3.36.